The van der Waals surface area contributed by atoms with Gasteiger partial charge in [-0.2, -0.15) is 0 Å². The third-order valence-corrected chi connectivity index (χ3v) is 4.18. The average molecular weight is 333 g/mol. The largest absolute Gasteiger partial charge is 0.493 e. The van der Waals surface area contributed by atoms with Crippen LogP contribution in [0.25, 0.3) is 0 Å². The normalized spacial score (nSPS) is 16.3. The van der Waals surface area contributed by atoms with E-state index in [9.17, 15) is 9.59 Å². The summed E-state index contributed by atoms with van der Waals surface area (Å²) in [5, 5.41) is 0. The summed E-state index contributed by atoms with van der Waals surface area (Å²) in [4.78, 5) is 25.8. The summed E-state index contributed by atoms with van der Waals surface area (Å²) >= 11 is 0. The second-order valence-corrected chi connectivity index (χ2v) is 6.09. The Balaban J connectivity index is 2.19. The van der Waals surface area contributed by atoms with Gasteiger partial charge in [0.05, 0.1) is 21.3 Å². The van der Waals surface area contributed by atoms with Gasteiger partial charge in [0.2, 0.25) is 11.7 Å². The van der Waals surface area contributed by atoms with Gasteiger partial charge in [-0.05, 0) is 44.0 Å². The van der Waals surface area contributed by atoms with E-state index in [-0.39, 0.29) is 11.7 Å². The molecule has 6 nitrogen and oxygen atoms in total. The molecule has 1 heterocycles. The number of nitrogens with zero attached hydrogens (tertiary/aromatic N) is 1. The molecule has 0 N–H and O–H groups in total. The summed E-state index contributed by atoms with van der Waals surface area (Å²) < 4.78 is 16.0. The van der Waals surface area contributed by atoms with E-state index in [2.05, 4.69) is 0 Å². The van der Waals surface area contributed by atoms with Gasteiger partial charge in [-0.1, -0.05) is 0 Å². The van der Waals surface area contributed by atoms with Crippen LogP contribution in [0, 0.1) is 5.41 Å². The molecule has 0 fully saturated rings. The van der Waals surface area contributed by atoms with Crippen molar-refractivity contribution in [3.8, 4) is 17.2 Å². The number of benzene rings is 1. The molecule has 1 aromatic rings. The first-order valence-corrected chi connectivity index (χ1v) is 7.67. The lowest BCUT2D eigenvalue weighted by Gasteiger charge is -2.31. The predicted octanol–water partition coefficient (Wildman–Crippen LogP) is 2.21. The first kappa shape index (κ1) is 17.8. The van der Waals surface area contributed by atoms with Gasteiger partial charge in [0.15, 0.2) is 17.3 Å². The molecule has 0 bridgehead atoms. The third-order valence-electron chi connectivity index (χ3n) is 4.18. The van der Waals surface area contributed by atoms with E-state index in [1.165, 1.54) is 6.08 Å². The summed E-state index contributed by atoms with van der Waals surface area (Å²) in [5.41, 5.74) is -0.0651. The topological polar surface area (TPSA) is 65.1 Å². The number of allylic oxidation sites excluding steroid dienone is 1. The standard InChI is InChI=1S/C18H23NO5/c1-18(2)15(20)7-9-19(17(18)21)8-6-12-10-13(22-3)16(24-5)14(11-12)23-4/h7,9-11H,6,8H2,1-5H3. The van der Waals surface area contributed by atoms with E-state index in [1.807, 2.05) is 12.1 Å². The van der Waals surface area contributed by atoms with Crippen LogP contribution in [0.1, 0.15) is 19.4 Å². The minimum absolute atomic E-state index is 0.170. The summed E-state index contributed by atoms with van der Waals surface area (Å²) in [7, 11) is 4.68. The van der Waals surface area contributed by atoms with E-state index in [0.29, 0.717) is 30.2 Å². The van der Waals surface area contributed by atoms with Gasteiger partial charge in [-0.25, -0.2) is 0 Å². The molecule has 2 rings (SSSR count). The lowest BCUT2D eigenvalue weighted by Crippen LogP contribution is -2.46. The SMILES string of the molecule is COc1cc(CCN2C=CC(=O)C(C)(C)C2=O)cc(OC)c1OC. The lowest BCUT2D eigenvalue weighted by molar-refractivity contribution is -0.145. The molecular formula is C18H23NO5. The molecule has 0 aliphatic carbocycles. The van der Waals surface area contributed by atoms with Gasteiger partial charge >= 0.3 is 0 Å². The van der Waals surface area contributed by atoms with Crippen LogP contribution in [0.15, 0.2) is 24.4 Å². The van der Waals surface area contributed by atoms with Gasteiger partial charge in [-0.3, -0.25) is 9.59 Å². The molecule has 1 aromatic carbocycles. The van der Waals surface area contributed by atoms with Crippen molar-refractivity contribution in [2.24, 2.45) is 5.41 Å². The van der Waals surface area contributed by atoms with Gasteiger partial charge in [0.1, 0.15) is 5.41 Å². The zero-order chi connectivity index (χ0) is 17.9. The van der Waals surface area contributed by atoms with Gasteiger partial charge in [0, 0.05) is 12.7 Å². The van der Waals surface area contributed by atoms with Crippen LogP contribution >= 0.6 is 0 Å². The van der Waals surface area contributed by atoms with Crippen LogP contribution < -0.4 is 14.2 Å². The zero-order valence-corrected chi connectivity index (χ0v) is 14.7. The summed E-state index contributed by atoms with van der Waals surface area (Å²) in [6.45, 7) is 3.76. The molecule has 0 saturated heterocycles. The maximum absolute atomic E-state index is 12.4. The van der Waals surface area contributed by atoms with E-state index in [0.717, 1.165) is 5.56 Å². The molecule has 0 unspecified atom stereocenters. The highest BCUT2D eigenvalue weighted by atomic mass is 16.5. The van der Waals surface area contributed by atoms with Gasteiger partial charge in [0.25, 0.3) is 0 Å². The van der Waals surface area contributed by atoms with Crippen LogP contribution in [0.2, 0.25) is 0 Å². The van der Waals surface area contributed by atoms with E-state index >= 15 is 0 Å². The first-order chi connectivity index (χ1) is 11.3. The number of hydrogen-bond donors (Lipinski definition) is 0. The van der Waals surface area contributed by atoms with Crippen molar-refractivity contribution in [1.82, 2.24) is 4.90 Å². The van der Waals surface area contributed by atoms with E-state index in [4.69, 9.17) is 14.2 Å². The minimum Gasteiger partial charge on any atom is -0.493 e. The maximum Gasteiger partial charge on any atom is 0.240 e. The second-order valence-electron chi connectivity index (χ2n) is 6.09. The molecule has 0 saturated carbocycles. The van der Waals surface area contributed by atoms with E-state index in [1.54, 1.807) is 46.3 Å². The van der Waals surface area contributed by atoms with Crippen molar-refractivity contribution in [1.29, 1.82) is 0 Å². The van der Waals surface area contributed by atoms with Crippen molar-refractivity contribution in [3.63, 3.8) is 0 Å². The molecule has 1 aliphatic heterocycles. The predicted molar refractivity (Wildman–Crippen MR) is 89.4 cm³/mol. The summed E-state index contributed by atoms with van der Waals surface area (Å²) in [6.07, 6.45) is 3.60. The summed E-state index contributed by atoms with van der Waals surface area (Å²) in [6, 6.07) is 3.71. The fourth-order valence-electron chi connectivity index (χ4n) is 2.60. The molecule has 0 atom stereocenters. The molecule has 0 radical (unpaired) electrons. The van der Waals surface area contributed by atoms with Crippen molar-refractivity contribution < 1.29 is 23.8 Å². The zero-order valence-electron chi connectivity index (χ0n) is 14.7. The Morgan fingerprint density at radius 2 is 1.58 bits per heavy atom. The number of ether oxygens (including phenoxy) is 3. The number of rotatable bonds is 6. The molecular weight excluding hydrogens is 310 g/mol. The van der Waals surface area contributed by atoms with Crippen molar-refractivity contribution in [2.75, 3.05) is 27.9 Å². The number of carbonyl (C=O) groups is 2. The van der Waals surface area contributed by atoms with Crippen molar-refractivity contribution in [3.05, 3.63) is 30.0 Å². The Bertz CT molecular complexity index is 653. The number of carbonyl (C=O) groups excluding carboxylic acids is 2. The molecule has 130 valence electrons. The number of amides is 1. The van der Waals surface area contributed by atoms with Gasteiger partial charge in [-0.15, -0.1) is 0 Å². The van der Waals surface area contributed by atoms with Crippen LogP contribution in [0.3, 0.4) is 0 Å². The molecule has 1 amide bonds. The Morgan fingerprint density at radius 3 is 2.08 bits per heavy atom. The Hall–Kier alpha value is -2.50. The summed E-state index contributed by atoms with van der Waals surface area (Å²) in [5.74, 6) is 1.31. The average Bonchev–Trinajstić information content (AvgIpc) is 2.58. The fraction of sp³-hybridized carbons (Fsp3) is 0.444. The highest BCUT2D eigenvalue weighted by Crippen LogP contribution is 2.38. The van der Waals surface area contributed by atoms with Crippen LogP contribution in [0.5, 0.6) is 17.2 Å². The van der Waals surface area contributed by atoms with Crippen LogP contribution in [0.4, 0.5) is 0 Å². The first-order valence-electron chi connectivity index (χ1n) is 7.67. The minimum atomic E-state index is -1.01. The number of methoxy groups -OCH3 is 3. The lowest BCUT2D eigenvalue weighted by atomic mass is 9.84. The third kappa shape index (κ3) is 3.22. The van der Waals surface area contributed by atoms with Crippen molar-refractivity contribution >= 4 is 11.7 Å². The number of hydrogen-bond acceptors (Lipinski definition) is 5. The Labute approximate surface area is 142 Å². The quantitative estimate of drug-likeness (QED) is 0.747. The van der Waals surface area contributed by atoms with Crippen LogP contribution in [-0.4, -0.2) is 44.5 Å². The molecule has 24 heavy (non-hydrogen) atoms. The molecule has 1 aliphatic rings. The number of ketones is 1. The molecule has 0 aromatic heterocycles. The molecule has 6 heteroatoms. The second kappa shape index (κ2) is 6.95. The monoisotopic (exact) mass is 333 g/mol. The van der Waals surface area contributed by atoms with Crippen LogP contribution in [-0.2, 0) is 16.0 Å². The maximum atomic E-state index is 12.4. The smallest absolute Gasteiger partial charge is 0.240 e. The van der Waals surface area contributed by atoms with Gasteiger partial charge < -0.3 is 19.1 Å². The fourth-order valence-corrected chi connectivity index (χ4v) is 2.60. The Kier molecular flexibility index (Phi) is 5.17. The molecule has 0 spiro atoms. The van der Waals surface area contributed by atoms with E-state index < -0.39 is 5.41 Å². The highest BCUT2D eigenvalue weighted by molar-refractivity contribution is 6.12. The Morgan fingerprint density at radius 1 is 1.00 bits per heavy atom. The highest BCUT2D eigenvalue weighted by Gasteiger charge is 2.39. The van der Waals surface area contributed by atoms with Crippen molar-refractivity contribution in [2.45, 2.75) is 20.3 Å².